The molecule has 0 saturated heterocycles. The van der Waals surface area contributed by atoms with Crippen LogP contribution in [0.1, 0.15) is 38.6 Å². The van der Waals surface area contributed by atoms with E-state index in [0.29, 0.717) is 0 Å². The normalized spacial score (nSPS) is 18.1. The van der Waals surface area contributed by atoms with Gasteiger partial charge in [-0.3, -0.25) is 5.26 Å². The van der Waals surface area contributed by atoms with E-state index >= 15 is 0 Å². The third kappa shape index (κ3) is 6.29. The van der Waals surface area contributed by atoms with Crippen LogP contribution >= 0.6 is 35.7 Å². The van der Waals surface area contributed by atoms with Gasteiger partial charge in [0.1, 0.15) is 16.4 Å². The van der Waals surface area contributed by atoms with Crippen molar-refractivity contribution in [3.05, 3.63) is 130 Å². The molecule has 2 aliphatic rings. The van der Waals surface area contributed by atoms with Gasteiger partial charge in [0.2, 0.25) is 5.52 Å². The van der Waals surface area contributed by atoms with Crippen molar-refractivity contribution in [3.8, 4) is 11.8 Å². The van der Waals surface area contributed by atoms with Crippen LogP contribution in [0.25, 0.3) is 59.4 Å². The summed E-state index contributed by atoms with van der Waals surface area (Å²) >= 11 is 7.40. The molecule has 0 bridgehead atoms. The summed E-state index contributed by atoms with van der Waals surface area (Å²) in [5.74, 6) is 5.39. The summed E-state index contributed by atoms with van der Waals surface area (Å²) in [6.45, 7) is 8.03. The van der Waals surface area contributed by atoms with Gasteiger partial charge in [-0.2, -0.15) is 4.57 Å². The van der Waals surface area contributed by atoms with Gasteiger partial charge in [0.25, 0.3) is 5.01 Å². The minimum absolute atomic E-state index is 0.0470. The van der Waals surface area contributed by atoms with E-state index in [2.05, 4.69) is 175 Å². The Morgan fingerprint density at radius 3 is 2.26 bits per heavy atom. The number of hydrogen-bond acceptors (Lipinski definition) is 7. The second kappa shape index (κ2) is 13.6. The highest BCUT2D eigenvalue weighted by molar-refractivity contribution is 8.03. The van der Waals surface area contributed by atoms with Crippen molar-refractivity contribution >= 4 is 101 Å². The molecule has 0 saturated carbocycles. The molecule has 0 spiro atoms. The van der Waals surface area contributed by atoms with Crippen molar-refractivity contribution in [1.82, 2.24) is 0 Å². The average Bonchev–Trinajstić information content (AvgIpc) is 3.70. The second-order valence-corrected chi connectivity index (χ2v) is 17.6. The summed E-state index contributed by atoms with van der Waals surface area (Å²) in [6.07, 6.45) is 8.95. The summed E-state index contributed by atoms with van der Waals surface area (Å²) in [5.41, 5.74) is 4.95. The van der Waals surface area contributed by atoms with Gasteiger partial charge in [0, 0.05) is 16.4 Å². The first-order valence-electron chi connectivity index (χ1n) is 18.2. The van der Waals surface area contributed by atoms with Gasteiger partial charge in [-0.05, 0) is 92.9 Å². The summed E-state index contributed by atoms with van der Waals surface area (Å²) in [7, 11) is 0. The SMILES string of the molecule is CC[n+]1c(C=C2C=C(C=C3Sc4ccc5c(ccc6ccccc65)c4N3CC#CC([O-])(S)OO)CC(C)(C)C2)sc2ccc3c4ccccc4ccc3c21. The molecule has 268 valence electrons. The largest absolute Gasteiger partial charge is 0.808 e. The predicted octanol–water partition coefficient (Wildman–Crippen LogP) is 10.8. The molecule has 7 aromatic rings. The third-order valence-electron chi connectivity index (χ3n) is 10.5. The molecule has 5 nitrogen and oxygen atoms in total. The number of aryl methyl sites for hydroxylation is 1. The first-order chi connectivity index (χ1) is 26.1. The van der Waals surface area contributed by atoms with Crippen LogP contribution in [0.5, 0.6) is 0 Å². The van der Waals surface area contributed by atoms with Crippen molar-refractivity contribution in [2.24, 2.45) is 5.41 Å². The van der Waals surface area contributed by atoms with Crippen molar-refractivity contribution in [1.29, 1.82) is 0 Å². The Balaban J connectivity index is 1.15. The van der Waals surface area contributed by atoms with Crippen LogP contribution in [0.2, 0.25) is 0 Å². The standard InChI is InChI=1S/C46H38N2O3S3/c1-4-47-41(53-39-20-18-35-33-12-7-5-10-31(33)14-16-37(35)43(39)47)25-29-24-30(28-45(2,3)27-29)26-42-48(23-9-22-46(49,52)51-50)44-38-17-15-32-11-6-8-13-34(32)36(38)19-21-40(44)54-42/h5-8,10-21,24-26,50,52H,4,23,27-28H2,1-3H3. The van der Waals surface area contributed by atoms with Gasteiger partial charge < -0.3 is 10.0 Å². The lowest BCUT2D eigenvalue weighted by Crippen LogP contribution is -2.38. The number of allylic oxidation sites excluding steroid dienone is 4. The van der Waals surface area contributed by atoms with Crippen molar-refractivity contribution in [3.63, 3.8) is 0 Å². The van der Waals surface area contributed by atoms with E-state index in [0.717, 1.165) is 45.8 Å². The number of nitrogens with zero attached hydrogens (tertiary/aromatic N) is 2. The molecule has 9 rings (SSSR count). The van der Waals surface area contributed by atoms with Gasteiger partial charge in [0.05, 0.1) is 22.6 Å². The highest BCUT2D eigenvalue weighted by atomic mass is 32.2. The number of anilines is 1. The summed E-state index contributed by atoms with van der Waals surface area (Å²) in [5, 5.41) is 30.9. The molecular weight excluding hydrogens is 725 g/mol. The fourth-order valence-electron chi connectivity index (χ4n) is 8.33. The summed E-state index contributed by atoms with van der Waals surface area (Å²) < 4.78 is 3.77. The van der Waals surface area contributed by atoms with E-state index in [-0.39, 0.29) is 12.0 Å². The number of rotatable bonds is 5. The second-order valence-electron chi connectivity index (χ2n) is 14.9. The number of thiol groups is 1. The molecule has 8 heteroatoms. The molecule has 2 heterocycles. The molecule has 1 aliphatic heterocycles. The zero-order valence-electron chi connectivity index (χ0n) is 30.2. The Labute approximate surface area is 328 Å². The Morgan fingerprint density at radius 2 is 1.54 bits per heavy atom. The first kappa shape index (κ1) is 35.1. The summed E-state index contributed by atoms with van der Waals surface area (Å²) in [6, 6.07) is 34.9. The third-order valence-corrected chi connectivity index (χ3v) is 12.9. The monoisotopic (exact) mass is 762 g/mol. The van der Waals surface area contributed by atoms with E-state index in [9.17, 15) is 5.11 Å². The molecule has 1 aliphatic carbocycles. The molecule has 1 atom stereocenters. The molecule has 1 N–H and O–H groups in total. The Morgan fingerprint density at radius 1 is 0.870 bits per heavy atom. The van der Waals surface area contributed by atoms with Crippen LogP contribution in [0.15, 0.2) is 130 Å². The quantitative estimate of drug-likeness (QED) is 0.0348. The maximum absolute atomic E-state index is 12.3. The van der Waals surface area contributed by atoms with Crippen LogP contribution in [0.4, 0.5) is 5.69 Å². The van der Waals surface area contributed by atoms with Crippen LogP contribution in [0.3, 0.4) is 0 Å². The van der Waals surface area contributed by atoms with Crippen LogP contribution in [-0.2, 0) is 11.4 Å². The predicted molar refractivity (Wildman–Crippen MR) is 228 cm³/mol. The van der Waals surface area contributed by atoms with Gasteiger partial charge in [-0.15, -0.1) is 12.6 Å². The average molecular weight is 763 g/mol. The minimum atomic E-state index is -2.51. The summed E-state index contributed by atoms with van der Waals surface area (Å²) in [4.78, 5) is 7.29. The maximum Gasteiger partial charge on any atom is 0.263 e. The molecule has 6 aromatic carbocycles. The fraction of sp³-hybridized carbons (Fsp3) is 0.196. The van der Waals surface area contributed by atoms with Crippen LogP contribution < -0.4 is 14.6 Å². The van der Waals surface area contributed by atoms with Crippen molar-refractivity contribution in [2.45, 2.75) is 50.2 Å². The molecule has 1 unspecified atom stereocenters. The molecular formula is C46H38N2O3S3. The zero-order valence-corrected chi connectivity index (χ0v) is 32.7. The fourth-order valence-corrected chi connectivity index (χ4v) is 10.8. The van der Waals surface area contributed by atoms with E-state index in [1.165, 1.54) is 58.7 Å². The lowest BCUT2D eigenvalue weighted by atomic mass is 9.75. The molecule has 0 radical (unpaired) electrons. The van der Waals surface area contributed by atoms with Crippen LogP contribution in [-0.4, -0.2) is 16.9 Å². The van der Waals surface area contributed by atoms with E-state index < -0.39 is 5.12 Å². The van der Waals surface area contributed by atoms with Crippen molar-refractivity contribution < 1.29 is 19.8 Å². The van der Waals surface area contributed by atoms with Gasteiger partial charge in [-0.25, -0.2) is 4.89 Å². The lowest BCUT2D eigenvalue weighted by molar-refractivity contribution is -0.664. The Bertz CT molecular complexity index is 2840. The van der Waals surface area contributed by atoms with Gasteiger partial charge in [-0.1, -0.05) is 134 Å². The zero-order chi connectivity index (χ0) is 37.2. The van der Waals surface area contributed by atoms with Crippen LogP contribution in [0, 0.1) is 17.3 Å². The molecule has 0 amide bonds. The highest BCUT2D eigenvalue weighted by Gasteiger charge is 2.31. The number of hydrogen-bond donors (Lipinski definition) is 2. The van der Waals surface area contributed by atoms with Gasteiger partial charge in [0.15, 0.2) is 0 Å². The number of thiazole rings is 1. The molecule has 1 aromatic heterocycles. The van der Waals surface area contributed by atoms with E-state index in [1.807, 2.05) is 11.3 Å². The Kier molecular flexibility index (Phi) is 8.86. The number of thioether (sulfide) groups is 1. The Hall–Kier alpha value is -4.59. The van der Waals surface area contributed by atoms with Crippen molar-refractivity contribution in [2.75, 3.05) is 11.4 Å². The minimum Gasteiger partial charge on any atom is -0.808 e. The number of fused-ring (bicyclic) bond motifs is 10. The topological polar surface area (TPSA) is 59.6 Å². The first-order valence-corrected chi connectivity index (χ1v) is 20.2. The lowest BCUT2D eigenvalue weighted by Gasteiger charge is -2.31. The van der Waals surface area contributed by atoms with E-state index in [1.54, 1.807) is 11.8 Å². The number of benzene rings is 6. The molecule has 0 fully saturated rings. The van der Waals surface area contributed by atoms with E-state index in [4.69, 9.17) is 5.26 Å². The van der Waals surface area contributed by atoms with Gasteiger partial charge >= 0.3 is 0 Å². The highest BCUT2D eigenvalue weighted by Crippen LogP contribution is 2.51. The smallest absolute Gasteiger partial charge is 0.263 e. The maximum atomic E-state index is 12.3. The number of aromatic nitrogens is 1. The molecule has 54 heavy (non-hydrogen) atoms.